The number of methoxy groups -OCH3 is 1. The lowest BCUT2D eigenvalue weighted by Crippen LogP contribution is -2.07. The molecule has 0 bridgehead atoms. The van der Waals surface area contributed by atoms with Crippen LogP contribution in [-0.4, -0.2) is 32.4 Å². The van der Waals surface area contributed by atoms with Gasteiger partial charge >= 0.3 is 0 Å². The first-order valence-electron chi connectivity index (χ1n) is 5.88. The van der Waals surface area contributed by atoms with E-state index in [0.717, 1.165) is 0 Å². The lowest BCUT2D eigenvalue weighted by atomic mass is 10.2. The summed E-state index contributed by atoms with van der Waals surface area (Å²) in [7, 11) is 1.50. The molecule has 0 unspecified atom stereocenters. The molecule has 0 fully saturated rings. The molecule has 0 saturated carbocycles. The Morgan fingerprint density at radius 1 is 1.30 bits per heavy atom. The Hall–Kier alpha value is -2.77. The molecule has 0 aliphatic heterocycles. The van der Waals surface area contributed by atoms with Gasteiger partial charge in [-0.2, -0.15) is 0 Å². The van der Waals surface area contributed by atoms with Gasteiger partial charge in [0.15, 0.2) is 5.65 Å². The lowest BCUT2D eigenvalue weighted by molar-refractivity contribution is 0.405. The van der Waals surface area contributed by atoms with Gasteiger partial charge in [0.25, 0.3) is 0 Å². The van der Waals surface area contributed by atoms with Crippen molar-refractivity contribution in [2.75, 3.05) is 12.4 Å². The molecule has 1 N–H and O–H groups in total. The van der Waals surface area contributed by atoms with Crippen molar-refractivity contribution in [3.63, 3.8) is 0 Å². The number of aromatic nitrogens is 5. The van der Waals surface area contributed by atoms with Crippen molar-refractivity contribution in [1.29, 1.82) is 0 Å². The highest BCUT2D eigenvalue weighted by Gasteiger charge is 2.09. The summed E-state index contributed by atoms with van der Waals surface area (Å²) in [5.74, 6) is 0.691. The molecule has 2 heterocycles. The summed E-state index contributed by atoms with van der Waals surface area (Å²) in [4.78, 5) is 0. The van der Waals surface area contributed by atoms with Gasteiger partial charge in [0.05, 0.1) is 7.11 Å². The second-order valence-corrected chi connectivity index (χ2v) is 4.02. The first-order valence-corrected chi connectivity index (χ1v) is 5.88. The van der Waals surface area contributed by atoms with Gasteiger partial charge < -0.3 is 10.1 Å². The van der Waals surface area contributed by atoms with E-state index in [4.69, 9.17) is 4.74 Å². The quantitative estimate of drug-likeness (QED) is 0.772. The van der Waals surface area contributed by atoms with Crippen LogP contribution in [0.25, 0.3) is 5.65 Å². The number of ether oxygens (including phenoxy) is 1. The van der Waals surface area contributed by atoms with Crippen molar-refractivity contribution in [2.24, 2.45) is 0 Å². The highest BCUT2D eigenvalue weighted by atomic mass is 19.1. The average molecular weight is 274 g/mol. The van der Waals surface area contributed by atoms with E-state index in [1.165, 1.54) is 17.8 Å². The van der Waals surface area contributed by atoms with Crippen LogP contribution in [-0.2, 0) is 6.54 Å². The van der Waals surface area contributed by atoms with Crippen molar-refractivity contribution in [2.45, 2.75) is 6.54 Å². The molecular weight excluding hydrogens is 263 g/mol. The van der Waals surface area contributed by atoms with E-state index in [0.29, 0.717) is 22.8 Å². The number of nitrogens with one attached hydrogen (secondary N) is 1. The number of rotatable bonds is 4. The maximum Gasteiger partial charge on any atom is 0.200 e. The van der Waals surface area contributed by atoms with E-state index in [9.17, 15) is 4.39 Å². The van der Waals surface area contributed by atoms with E-state index in [-0.39, 0.29) is 12.4 Å². The highest BCUT2D eigenvalue weighted by molar-refractivity contribution is 5.44. The molecule has 3 aromatic rings. The van der Waals surface area contributed by atoms with Crippen molar-refractivity contribution in [1.82, 2.24) is 25.3 Å². The number of benzene rings is 1. The fourth-order valence-electron chi connectivity index (χ4n) is 1.82. The molecule has 7 nitrogen and oxygen atoms in total. The minimum absolute atomic E-state index is 0.247. The Morgan fingerprint density at radius 3 is 3.05 bits per heavy atom. The number of nitrogens with zero attached hydrogens (tertiary/aromatic N) is 5. The normalized spacial score (nSPS) is 10.7. The predicted molar refractivity (Wildman–Crippen MR) is 68.9 cm³/mol. The third kappa shape index (κ3) is 2.22. The van der Waals surface area contributed by atoms with Crippen LogP contribution in [0.3, 0.4) is 0 Å². The Kier molecular flexibility index (Phi) is 3.12. The second kappa shape index (κ2) is 5.08. The van der Waals surface area contributed by atoms with Crippen LogP contribution in [0.15, 0.2) is 30.3 Å². The van der Waals surface area contributed by atoms with Crippen molar-refractivity contribution in [3.05, 3.63) is 41.7 Å². The Balaban J connectivity index is 1.82. The molecule has 0 aliphatic carbocycles. The number of anilines is 1. The van der Waals surface area contributed by atoms with Crippen LogP contribution in [0.2, 0.25) is 0 Å². The highest BCUT2D eigenvalue weighted by Crippen LogP contribution is 2.21. The molecule has 0 saturated heterocycles. The van der Waals surface area contributed by atoms with Gasteiger partial charge in [0, 0.05) is 12.1 Å². The molecule has 0 spiro atoms. The van der Waals surface area contributed by atoms with Crippen LogP contribution in [0.1, 0.15) is 5.56 Å². The molecule has 1 aromatic carbocycles. The number of halogens is 1. The summed E-state index contributed by atoms with van der Waals surface area (Å²) in [6.45, 7) is 0.247. The van der Waals surface area contributed by atoms with Gasteiger partial charge in [0.1, 0.15) is 17.4 Å². The SMILES string of the molecule is COc1cccc(F)c1CNc1ccc2nnnn2n1. The molecule has 2 aromatic heterocycles. The van der Waals surface area contributed by atoms with Crippen LogP contribution in [0.5, 0.6) is 5.75 Å². The second-order valence-electron chi connectivity index (χ2n) is 4.02. The van der Waals surface area contributed by atoms with E-state index >= 15 is 0 Å². The van der Waals surface area contributed by atoms with Crippen molar-refractivity contribution in [3.8, 4) is 5.75 Å². The minimum atomic E-state index is -0.333. The molecular formula is C12H11FN6O. The molecule has 8 heteroatoms. The monoisotopic (exact) mass is 274 g/mol. The van der Waals surface area contributed by atoms with E-state index in [1.54, 1.807) is 24.3 Å². The molecule has 102 valence electrons. The maximum absolute atomic E-state index is 13.8. The van der Waals surface area contributed by atoms with Gasteiger partial charge in [-0.3, -0.25) is 0 Å². The lowest BCUT2D eigenvalue weighted by Gasteiger charge is -2.10. The van der Waals surface area contributed by atoms with E-state index in [1.807, 2.05) is 0 Å². The summed E-state index contributed by atoms with van der Waals surface area (Å²) >= 11 is 0. The molecule has 20 heavy (non-hydrogen) atoms. The number of hydrogen-bond donors (Lipinski definition) is 1. The average Bonchev–Trinajstić information content (AvgIpc) is 2.93. The summed E-state index contributed by atoms with van der Waals surface area (Å²) in [5, 5.41) is 18.1. The Bertz CT molecular complexity index is 744. The molecule has 3 rings (SSSR count). The first-order chi connectivity index (χ1) is 9.78. The van der Waals surface area contributed by atoms with E-state index < -0.39 is 0 Å². The van der Waals surface area contributed by atoms with Gasteiger partial charge in [0.2, 0.25) is 0 Å². The summed E-state index contributed by atoms with van der Waals surface area (Å²) in [5.41, 5.74) is 0.979. The van der Waals surface area contributed by atoms with E-state index in [2.05, 4.69) is 25.9 Å². The zero-order valence-electron chi connectivity index (χ0n) is 10.6. The van der Waals surface area contributed by atoms with Gasteiger partial charge in [-0.05, 0) is 34.7 Å². The Morgan fingerprint density at radius 2 is 2.20 bits per heavy atom. The van der Waals surface area contributed by atoms with Crippen molar-refractivity contribution < 1.29 is 9.13 Å². The maximum atomic E-state index is 13.8. The van der Waals surface area contributed by atoms with Crippen LogP contribution >= 0.6 is 0 Å². The van der Waals surface area contributed by atoms with Gasteiger partial charge in [-0.25, -0.2) is 4.39 Å². The summed E-state index contributed by atoms with van der Waals surface area (Å²) in [6.07, 6.45) is 0. The van der Waals surface area contributed by atoms with Crippen LogP contribution in [0.4, 0.5) is 10.2 Å². The first kappa shape index (κ1) is 12.3. The standard InChI is InChI=1S/C12H11FN6O/c1-20-10-4-2-3-9(13)8(10)7-14-11-5-6-12-15-17-18-19(12)16-11/h2-6H,7H2,1H3,(H,14,16). The summed E-state index contributed by atoms with van der Waals surface area (Å²) < 4.78 is 20.2. The third-order valence-electron chi connectivity index (χ3n) is 2.81. The smallest absolute Gasteiger partial charge is 0.200 e. The number of fused-ring (bicyclic) bond motifs is 1. The fourth-order valence-corrected chi connectivity index (χ4v) is 1.82. The topological polar surface area (TPSA) is 77.2 Å². The molecule has 0 radical (unpaired) electrons. The zero-order valence-corrected chi connectivity index (χ0v) is 10.6. The van der Waals surface area contributed by atoms with Crippen LogP contribution in [0, 0.1) is 5.82 Å². The molecule has 0 aliphatic rings. The Labute approximate surface area is 113 Å². The fraction of sp³-hybridized carbons (Fsp3) is 0.167. The molecule has 0 atom stereocenters. The minimum Gasteiger partial charge on any atom is -0.496 e. The summed E-state index contributed by atoms with van der Waals surface area (Å²) in [6, 6.07) is 8.13. The number of hydrogen-bond acceptors (Lipinski definition) is 6. The van der Waals surface area contributed by atoms with Gasteiger partial charge in [-0.1, -0.05) is 6.07 Å². The largest absolute Gasteiger partial charge is 0.496 e. The predicted octanol–water partition coefficient (Wildman–Crippen LogP) is 1.28. The van der Waals surface area contributed by atoms with Crippen molar-refractivity contribution >= 4 is 11.5 Å². The third-order valence-corrected chi connectivity index (χ3v) is 2.81. The molecule has 0 amide bonds. The van der Waals surface area contributed by atoms with Gasteiger partial charge in [-0.15, -0.1) is 14.8 Å². The zero-order chi connectivity index (χ0) is 13.9. The number of tetrazole rings is 1. The van der Waals surface area contributed by atoms with Crippen LogP contribution < -0.4 is 10.1 Å².